The molecule has 1 aromatic heterocycles. The molecule has 0 aliphatic rings. The molecule has 0 aliphatic heterocycles. The fourth-order valence-electron chi connectivity index (χ4n) is 1.74. The van der Waals surface area contributed by atoms with Crippen LogP contribution in [0.15, 0.2) is 24.5 Å². The van der Waals surface area contributed by atoms with Crippen LogP contribution in [0.5, 0.6) is 0 Å². The summed E-state index contributed by atoms with van der Waals surface area (Å²) in [7, 11) is 1.75. The number of anilines is 1. The van der Waals surface area contributed by atoms with E-state index in [1.807, 2.05) is 0 Å². The van der Waals surface area contributed by atoms with Crippen molar-refractivity contribution in [3.8, 4) is 0 Å². The summed E-state index contributed by atoms with van der Waals surface area (Å²) in [5.74, 6) is 0.136. The molecule has 0 spiro atoms. The molecular weight excluding hydrogens is 276 g/mol. The summed E-state index contributed by atoms with van der Waals surface area (Å²) in [6.45, 7) is 0.310. The third kappa shape index (κ3) is 3.53. The number of aryl methyl sites for hydroxylation is 1. The Balaban J connectivity index is 1.99. The van der Waals surface area contributed by atoms with Crippen LogP contribution in [0.4, 0.5) is 11.4 Å². The molecule has 0 atom stereocenters. The molecule has 9 heteroatoms. The van der Waals surface area contributed by atoms with Crippen molar-refractivity contribution in [2.75, 3.05) is 12.3 Å². The van der Waals surface area contributed by atoms with Crippen molar-refractivity contribution < 1.29 is 9.72 Å². The zero-order chi connectivity index (χ0) is 15.4. The summed E-state index contributed by atoms with van der Waals surface area (Å²) in [5.41, 5.74) is 5.76. The molecular formula is C12H14N6O3. The van der Waals surface area contributed by atoms with E-state index in [2.05, 4.69) is 15.4 Å². The number of nitrogens with two attached hydrogens (primary N) is 1. The molecule has 110 valence electrons. The topological polar surface area (TPSA) is 129 Å². The van der Waals surface area contributed by atoms with Gasteiger partial charge in [0.05, 0.1) is 10.5 Å². The zero-order valence-electron chi connectivity index (χ0n) is 11.3. The number of nitrogens with one attached hydrogen (secondary N) is 1. The smallest absolute Gasteiger partial charge is 0.270 e. The van der Waals surface area contributed by atoms with Gasteiger partial charge in [0.25, 0.3) is 11.6 Å². The van der Waals surface area contributed by atoms with Gasteiger partial charge in [-0.25, -0.2) is 4.98 Å². The van der Waals surface area contributed by atoms with Gasteiger partial charge in [-0.05, 0) is 6.07 Å². The number of nitrogens with zero attached hydrogens (tertiary/aromatic N) is 4. The van der Waals surface area contributed by atoms with Gasteiger partial charge in [-0.15, -0.1) is 0 Å². The number of nitro benzene ring substituents is 1. The van der Waals surface area contributed by atoms with E-state index >= 15 is 0 Å². The minimum atomic E-state index is -0.575. The fraction of sp³-hybridized carbons (Fsp3) is 0.250. The lowest BCUT2D eigenvalue weighted by molar-refractivity contribution is -0.384. The van der Waals surface area contributed by atoms with E-state index in [-0.39, 0.29) is 16.9 Å². The summed E-state index contributed by atoms with van der Waals surface area (Å²) < 4.78 is 1.57. The molecule has 2 rings (SSSR count). The van der Waals surface area contributed by atoms with E-state index in [9.17, 15) is 14.9 Å². The largest absolute Gasteiger partial charge is 0.398 e. The number of benzene rings is 1. The van der Waals surface area contributed by atoms with Crippen molar-refractivity contribution >= 4 is 17.3 Å². The fourth-order valence-corrected chi connectivity index (χ4v) is 1.74. The molecule has 1 heterocycles. The zero-order valence-corrected chi connectivity index (χ0v) is 11.3. The average Bonchev–Trinajstić information content (AvgIpc) is 2.84. The third-order valence-corrected chi connectivity index (χ3v) is 2.77. The van der Waals surface area contributed by atoms with Crippen molar-refractivity contribution in [3.63, 3.8) is 0 Å². The molecule has 0 unspecified atom stereocenters. The van der Waals surface area contributed by atoms with E-state index in [0.717, 1.165) is 6.07 Å². The number of amides is 1. The quantitative estimate of drug-likeness (QED) is 0.462. The van der Waals surface area contributed by atoms with E-state index in [1.165, 1.54) is 12.1 Å². The van der Waals surface area contributed by atoms with Crippen LogP contribution in [0.3, 0.4) is 0 Å². The van der Waals surface area contributed by atoms with Crippen LogP contribution < -0.4 is 11.1 Å². The second kappa shape index (κ2) is 5.99. The van der Waals surface area contributed by atoms with Crippen molar-refractivity contribution in [2.45, 2.75) is 6.42 Å². The Morgan fingerprint density at radius 2 is 2.29 bits per heavy atom. The molecule has 2 aromatic rings. The number of hydrogen-bond acceptors (Lipinski definition) is 6. The highest BCUT2D eigenvalue weighted by Gasteiger charge is 2.15. The van der Waals surface area contributed by atoms with Gasteiger partial charge < -0.3 is 11.1 Å². The maximum Gasteiger partial charge on any atom is 0.270 e. The van der Waals surface area contributed by atoms with Crippen LogP contribution in [0.2, 0.25) is 0 Å². The number of non-ortho nitro benzene ring substituents is 1. The molecule has 9 nitrogen and oxygen atoms in total. The first kappa shape index (κ1) is 14.4. The molecule has 0 radical (unpaired) electrons. The van der Waals surface area contributed by atoms with Crippen LogP contribution in [-0.2, 0) is 13.5 Å². The van der Waals surface area contributed by atoms with Gasteiger partial charge in [-0.3, -0.25) is 19.6 Å². The predicted molar refractivity (Wildman–Crippen MR) is 74.5 cm³/mol. The average molecular weight is 290 g/mol. The molecule has 1 amide bonds. The Morgan fingerprint density at radius 3 is 2.90 bits per heavy atom. The van der Waals surface area contributed by atoms with Crippen LogP contribution in [0.25, 0.3) is 0 Å². The summed E-state index contributed by atoms with van der Waals surface area (Å²) in [6, 6.07) is 3.75. The molecule has 21 heavy (non-hydrogen) atoms. The number of nitrogen functional groups attached to an aromatic ring is 1. The van der Waals surface area contributed by atoms with E-state index in [4.69, 9.17) is 5.73 Å². The first-order valence-electron chi connectivity index (χ1n) is 6.14. The number of carbonyl (C=O) groups is 1. The Kier molecular flexibility index (Phi) is 4.12. The molecule has 0 fully saturated rings. The van der Waals surface area contributed by atoms with Crippen molar-refractivity contribution in [1.29, 1.82) is 0 Å². The van der Waals surface area contributed by atoms with Crippen LogP contribution in [0, 0.1) is 10.1 Å². The van der Waals surface area contributed by atoms with Crippen LogP contribution in [0.1, 0.15) is 16.2 Å². The number of carbonyl (C=O) groups excluding carboxylic acids is 1. The highest BCUT2D eigenvalue weighted by molar-refractivity contribution is 5.99. The second-order valence-corrected chi connectivity index (χ2v) is 4.37. The van der Waals surface area contributed by atoms with Gasteiger partial charge in [0.15, 0.2) is 5.82 Å². The Hall–Kier alpha value is -2.97. The maximum absolute atomic E-state index is 12.0. The maximum atomic E-state index is 12.0. The normalized spacial score (nSPS) is 10.3. The summed E-state index contributed by atoms with van der Waals surface area (Å²) >= 11 is 0. The SMILES string of the molecule is Cn1cnc(CCNC(=O)c2cc([N+](=O)[O-])ccc2N)n1. The van der Waals surface area contributed by atoms with Crippen LogP contribution >= 0.6 is 0 Å². The highest BCUT2D eigenvalue weighted by atomic mass is 16.6. The number of nitro groups is 1. The summed E-state index contributed by atoms with van der Waals surface area (Å²) in [5, 5.41) is 17.4. The lowest BCUT2D eigenvalue weighted by atomic mass is 10.1. The Morgan fingerprint density at radius 1 is 1.52 bits per heavy atom. The van der Waals surface area contributed by atoms with Gasteiger partial charge >= 0.3 is 0 Å². The third-order valence-electron chi connectivity index (χ3n) is 2.77. The van der Waals surface area contributed by atoms with Gasteiger partial charge in [0, 0.05) is 37.8 Å². The van der Waals surface area contributed by atoms with Gasteiger partial charge in [0.2, 0.25) is 0 Å². The Labute approximate surface area is 119 Å². The second-order valence-electron chi connectivity index (χ2n) is 4.37. The monoisotopic (exact) mass is 290 g/mol. The lowest BCUT2D eigenvalue weighted by Crippen LogP contribution is -2.26. The molecule has 0 saturated heterocycles. The van der Waals surface area contributed by atoms with E-state index in [0.29, 0.717) is 18.8 Å². The minimum Gasteiger partial charge on any atom is -0.398 e. The van der Waals surface area contributed by atoms with E-state index < -0.39 is 10.8 Å². The standard InChI is InChI=1S/C12H14N6O3/c1-17-7-15-11(16-17)4-5-14-12(19)9-6-8(18(20)21)2-3-10(9)13/h2-3,6-7H,4-5,13H2,1H3,(H,14,19). The van der Waals surface area contributed by atoms with Gasteiger partial charge in [-0.2, -0.15) is 5.10 Å². The molecule has 0 bridgehead atoms. The summed E-state index contributed by atoms with van der Waals surface area (Å²) in [4.78, 5) is 26.1. The molecule has 3 N–H and O–H groups in total. The summed E-state index contributed by atoms with van der Waals surface area (Å²) in [6.07, 6.45) is 2.02. The molecule has 0 aliphatic carbocycles. The highest BCUT2D eigenvalue weighted by Crippen LogP contribution is 2.19. The molecule has 1 aromatic carbocycles. The van der Waals surface area contributed by atoms with Gasteiger partial charge in [-0.1, -0.05) is 0 Å². The van der Waals surface area contributed by atoms with E-state index in [1.54, 1.807) is 18.1 Å². The number of aromatic nitrogens is 3. The van der Waals surface area contributed by atoms with Crippen molar-refractivity contribution in [1.82, 2.24) is 20.1 Å². The Bertz CT molecular complexity index is 681. The van der Waals surface area contributed by atoms with Crippen molar-refractivity contribution in [2.24, 2.45) is 7.05 Å². The lowest BCUT2D eigenvalue weighted by Gasteiger charge is -2.06. The molecule has 0 saturated carbocycles. The first-order chi connectivity index (χ1) is 9.97. The van der Waals surface area contributed by atoms with Crippen LogP contribution in [-0.4, -0.2) is 32.1 Å². The predicted octanol–water partition coefficient (Wildman–Crippen LogP) is 0.278. The number of hydrogen-bond donors (Lipinski definition) is 2. The first-order valence-corrected chi connectivity index (χ1v) is 6.14. The van der Waals surface area contributed by atoms with Gasteiger partial charge in [0.1, 0.15) is 6.33 Å². The minimum absolute atomic E-state index is 0.0816. The number of rotatable bonds is 5. The van der Waals surface area contributed by atoms with Crippen molar-refractivity contribution in [3.05, 3.63) is 46.0 Å².